The number of benzene rings is 2. The first kappa shape index (κ1) is 51.0. The average molecular weight is 1020 g/mol. The van der Waals surface area contributed by atoms with Gasteiger partial charge in [0.2, 0.25) is 23.6 Å². The van der Waals surface area contributed by atoms with Crippen LogP contribution >= 0.6 is 11.3 Å². The average Bonchev–Trinajstić information content (AvgIpc) is 4.23. The van der Waals surface area contributed by atoms with E-state index in [2.05, 4.69) is 30.4 Å². The number of β-amino-alcohol motifs (C(OH)–C–C–N with tert-alkyl or cyclic N) is 1. The molecule has 2 aromatic carbocycles. The number of rotatable bonds is 17. The first-order chi connectivity index (χ1) is 35.2. The number of aryl methyl sites for hydroxylation is 1. The van der Waals surface area contributed by atoms with Gasteiger partial charge in [0.25, 0.3) is 0 Å². The summed E-state index contributed by atoms with van der Waals surface area (Å²) < 4.78 is 27.2. The monoisotopic (exact) mass is 1020 g/mol. The van der Waals surface area contributed by atoms with Crippen LogP contribution in [0.25, 0.3) is 27.5 Å². The molecule has 0 aliphatic carbocycles. The van der Waals surface area contributed by atoms with Crippen LogP contribution < -0.4 is 20.4 Å². The van der Waals surface area contributed by atoms with Crippen molar-refractivity contribution in [2.24, 2.45) is 5.41 Å². The smallest absolute Gasteiger partial charge is 0.248 e. The molecule has 4 amide bonds. The lowest BCUT2D eigenvalue weighted by Crippen LogP contribution is -2.58. The number of fused-ring (bicyclic) bond motifs is 1. The number of thiazole rings is 1. The zero-order chi connectivity index (χ0) is 51.2. The molecule has 0 saturated carbocycles. The lowest BCUT2D eigenvalue weighted by molar-refractivity contribution is -0.144. The summed E-state index contributed by atoms with van der Waals surface area (Å²) in [5.41, 5.74) is 7.02. The van der Waals surface area contributed by atoms with Crippen molar-refractivity contribution in [3.63, 3.8) is 0 Å². The van der Waals surface area contributed by atoms with Crippen molar-refractivity contribution in [2.75, 3.05) is 75.5 Å². The maximum atomic E-state index is 14.1. The predicted molar refractivity (Wildman–Crippen MR) is 274 cm³/mol. The molecule has 3 aliphatic heterocycles. The number of likely N-dealkylation sites (tertiary alicyclic amines) is 1. The van der Waals surface area contributed by atoms with Gasteiger partial charge < -0.3 is 44.8 Å². The van der Waals surface area contributed by atoms with Gasteiger partial charge in [0, 0.05) is 52.2 Å². The minimum Gasteiger partial charge on any atom is -0.391 e. The summed E-state index contributed by atoms with van der Waals surface area (Å²) >= 11 is 1.57. The second-order valence-corrected chi connectivity index (χ2v) is 20.7. The number of imidazole rings is 1. The summed E-state index contributed by atoms with van der Waals surface area (Å²) in [6, 6.07) is 22.4. The van der Waals surface area contributed by atoms with Gasteiger partial charge in [-0.25, -0.2) is 23.9 Å². The van der Waals surface area contributed by atoms with Crippen molar-refractivity contribution in [3.8, 4) is 21.8 Å². The number of pyridine rings is 1. The molecule has 4 aromatic heterocycles. The zero-order valence-electron chi connectivity index (χ0n) is 41.6. The normalized spacial score (nSPS) is 18.6. The fourth-order valence-corrected chi connectivity index (χ4v) is 10.5. The van der Waals surface area contributed by atoms with E-state index in [0.717, 1.165) is 64.0 Å². The number of hydrogen-bond acceptors (Lipinski definition) is 14. The second-order valence-electron chi connectivity index (χ2n) is 19.8. The number of amides is 4. The second kappa shape index (κ2) is 22.5. The number of nitrogens with one attached hydrogen (secondary N) is 2. The van der Waals surface area contributed by atoms with Crippen LogP contribution in [0.5, 0.6) is 0 Å². The van der Waals surface area contributed by atoms with Gasteiger partial charge in [-0.3, -0.25) is 19.2 Å². The summed E-state index contributed by atoms with van der Waals surface area (Å²) in [4.78, 5) is 76.2. The number of ether oxygens (including phenoxy) is 2. The number of aliphatic hydroxyl groups excluding tert-OH is 1. The highest BCUT2D eigenvalue weighted by molar-refractivity contribution is 7.13. The molecule has 384 valence electrons. The molecule has 0 spiro atoms. The van der Waals surface area contributed by atoms with Gasteiger partial charge in [-0.15, -0.1) is 16.4 Å². The molecule has 3 fully saturated rings. The fraction of sp³-hybridized carbons (Fsp3) is 0.434. The molecule has 7 heterocycles. The van der Waals surface area contributed by atoms with Crippen LogP contribution in [0, 0.1) is 18.2 Å². The Balaban J connectivity index is 0.701. The van der Waals surface area contributed by atoms with Gasteiger partial charge in [-0.1, -0.05) is 63.2 Å². The third-order valence-corrected chi connectivity index (χ3v) is 14.6. The SMILES string of the molecule is Cc1ncsc1-c1ccc(CNC(=O)[C@@H]2C[C@@H](O)CN2C(=O)[C@@H](NC(=O)COCCOCC(=O)N2CCN(c3cccc(-c4cnc5ccc(N6CCC[C@@H]6c6cccc(F)c6)nn45)n3)CC2)C(C)(C)C)cc1. The molecule has 73 heavy (non-hydrogen) atoms. The van der Waals surface area contributed by atoms with Crippen LogP contribution in [0.15, 0.2) is 90.6 Å². The van der Waals surface area contributed by atoms with Crippen LogP contribution in [0.3, 0.4) is 0 Å². The van der Waals surface area contributed by atoms with Crippen molar-refractivity contribution >= 4 is 52.2 Å². The molecule has 3 saturated heterocycles. The summed E-state index contributed by atoms with van der Waals surface area (Å²) in [7, 11) is 0. The highest BCUT2D eigenvalue weighted by atomic mass is 32.1. The predicted octanol–water partition coefficient (Wildman–Crippen LogP) is 5.19. The molecule has 20 heteroatoms. The quantitative estimate of drug-likeness (QED) is 0.101. The topological polar surface area (TPSA) is 200 Å². The van der Waals surface area contributed by atoms with Gasteiger partial charge in [0.05, 0.1) is 53.3 Å². The van der Waals surface area contributed by atoms with E-state index in [1.165, 1.54) is 11.0 Å². The number of aliphatic hydroxyl groups is 1. The van der Waals surface area contributed by atoms with E-state index >= 15 is 0 Å². The molecule has 0 radical (unpaired) electrons. The van der Waals surface area contributed by atoms with Crippen molar-refractivity contribution in [1.29, 1.82) is 0 Å². The lowest BCUT2D eigenvalue weighted by atomic mass is 9.85. The van der Waals surface area contributed by atoms with Gasteiger partial charge in [-0.05, 0) is 78.3 Å². The maximum absolute atomic E-state index is 14.1. The number of aromatic nitrogens is 5. The Hall–Kier alpha value is -6.87. The van der Waals surface area contributed by atoms with E-state index in [1.54, 1.807) is 44.6 Å². The van der Waals surface area contributed by atoms with Crippen molar-refractivity contribution in [3.05, 3.63) is 113 Å². The van der Waals surface area contributed by atoms with Gasteiger partial charge in [0.15, 0.2) is 5.65 Å². The number of carbonyl (C=O) groups is 4. The van der Waals surface area contributed by atoms with E-state index in [9.17, 15) is 28.7 Å². The molecular formula is C53H62FN11O7S. The van der Waals surface area contributed by atoms with Crippen molar-refractivity contribution in [2.45, 2.75) is 77.7 Å². The number of carbonyl (C=O) groups excluding carboxylic acids is 4. The molecule has 9 rings (SSSR count). The van der Waals surface area contributed by atoms with Crippen molar-refractivity contribution in [1.82, 2.24) is 45.0 Å². The molecule has 18 nitrogen and oxygen atoms in total. The number of piperazine rings is 1. The maximum Gasteiger partial charge on any atom is 0.248 e. The van der Waals surface area contributed by atoms with Crippen LogP contribution in [-0.4, -0.2) is 147 Å². The third kappa shape index (κ3) is 12.0. The van der Waals surface area contributed by atoms with E-state index in [4.69, 9.17) is 19.6 Å². The van der Waals surface area contributed by atoms with Crippen LogP contribution in [0.1, 0.15) is 62.9 Å². The molecule has 3 aliphatic rings. The van der Waals surface area contributed by atoms with Gasteiger partial charge in [0.1, 0.15) is 48.4 Å². The Morgan fingerprint density at radius 1 is 0.904 bits per heavy atom. The first-order valence-electron chi connectivity index (χ1n) is 24.8. The highest BCUT2D eigenvalue weighted by Gasteiger charge is 2.44. The van der Waals surface area contributed by atoms with Crippen molar-refractivity contribution < 1.29 is 38.1 Å². The van der Waals surface area contributed by atoms with E-state index in [1.807, 2.05) is 88.4 Å². The van der Waals surface area contributed by atoms with E-state index in [-0.39, 0.29) is 69.6 Å². The van der Waals surface area contributed by atoms with E-state index in [0.29, 0.717) is 37.5 Å². The lowest BCUT2D eigenvalue weighted by Gasteiger charge is -2.35. The highest BCUT2D eigenvalue weighted by Crippen LogP contribution is 2.36. The van der Waals surface area contributed by atoms with E-state index < -0.39 is 35.4 Å². The Morgan fingerprint density at radius 2 is 1.67 bits per heavy atom. The largest absolute Gasteiger partial charge is 0.391 e. The van der Waals surface area contributed by atoms with Crippen LogP contribution in [0.2, 0.25) is 0 Å². The number of nitrogens with zero attached hydrogens (tertiary/aromatic N) is 9. The number of halogens is 1. The molecular weight excluding hydrogens is 954 g/mol. The molecule has 0 bridgehead atoms. The third-order valence-electron chi connectivity index (χ3n) is 13.6. The zero-order valence-corrected chi connectivity index (χ0v) is 42.4. The summed E-state index contributed by atoms with van der Waals surface area (Å²) in [5, 5.41) is 21.3. The number of anilines is 2. The van der Waals surface area contributed by atoms with Gasteiger partial charge in [-0.2, -0.15) is 0 Å². The molecule has 6 aromatic rings. The minimum absolute atomic E-state index is 0.0257. The summed E-state index contributed by atoms with van der Waals surface area (Å²) in [6.45, 7) is 10.1. The van der Waals surface area contributed by atoms with Gasteiger partial charge >= 0.3 is 0 Å². The minimum atomic E-state index is -1.01. The summed E-state index contributed by atoms with van der Waals surface area (Å²) in [6.07, 6.45) is 2.83. The standard InChI is InChI=1S/C53H62FN11O7S/c1-34-49(73-33-57-34)36-15-13-35(14-16-36)28-56-51(69)42-27-39(66)30-64(42)52(70)50(53(2,3)4)59-47(67)31-71-24-25-72-32-48(68)62-22-20-61(21-23-62)45-12-6-10-40(58-45)43-29-55-44-17-18-46(60-65(43)44)63-19-7-11-41(63)37-8-5-9-38(54)26-37/h5-6,8-10,12-18,26,29,33,39,41-42,50,66H,7,11,19-25,27-28,30-32H2,1-4H3,(H,56,69)(H,59,67)/t39-,41-,42+,50-/m1/s1. The molecule has 0 unspecified atom stereocenters. The van der Waals surface area contributed by atoms with Crippen LogP contribution in [-0.2, 0) is 35.2 Å². The molecule has 3 N–H and O–H groups in total. The number of hydrogen-bond donors (Lipinski definition) is 3. The Bertz CT molecular complexity index is 2920. The Morgan fingerprint density at radius 3 is 2.41 bits per heavy atom. The first-order valence-corrected chi connectivity index (χ1v) is 25.7. The fourth-order valence-electron chi connectivity index (χ4n) is 9.74. The molecule has 4 atom stereocenters. The summed E-state index contributed by atoms with van der Waals surface area (Å²) in [5.74, 6) is -0.243. The van der Waals surface area contributed by atoms with Crippen LogP contribution in [0.4, 0.5) is 16.0 Å². The Kier molecular flexibility index (Phi) is 15.7. The Labute approximate surface area is 427 Å².